The number of allylic oxidation sites excluding steroid dienone is 2. The molecule has 22 heavy (non-hydrogen) atoms. The summed E-state index contributed by atoms with van der Waals surface area (Å²) in [6, 6.07) is 2.73. The van der Waals surface area contributed by atoms with Gasteiger partial charge in [0.15, 0.2) is 0 Å². The van der Waals surface area contributed by atoms with Crippen LogP contribution in [0.15, 0.2) is 40.6 Å². The lowest BCUT2D eigenvalue weighted by atomic mass is 10.0. The normalized spacial score (nSPS) is 14.0. The zero-order chi connectivity index (χ0) is 16.7. The number of halogens is 2. The first-order valence-corrected chi connectivity index (χ1v) is 7.26. The van der Waals surface area contributed by atoms with Gasteiger partial charge in [0.2, 0.25) is 0 Å². The topological polar surface area (TPSA) is 24.7 Å². The highest BCUT2D eigenvalue weighted by Crippen LogP contribution is 2.23. The molecule has 0 saturated carbocycles. The van der Waals surface area contributed by atoms with Crippen LogP contribution in [0.3, 0.4) is 0 Å². The third-order valence-corrected chi connectivity index (χ3v) is 3.30. The second-order valence-corrected chi connectivity index (χ2v) is 5.01. The number of rotatable bonds is 5. The molecule has 0 bridgehead atoms. The highest BCUT2D eigenvalue weighted by molar-refractivity contribution is 6.40. The van der Waals surface area contributed by atoms with Crippen molar-refractivity contribution in [2.45, 2.75) is 41.0 Å². The third-order valence-electron chi connectivity index (χ3n) is 3.30. The molecule has 0 aliphatic rings. The summed E-state index contributed by atoms with van der Waals surface area (Å²) < 4.78 is 28.1. The molecule has 1 aromatic carbocycles. The Morgan fingerprint density at radius 1 is 1.05 bits per heavy atom. The molecule has 0 radical (unpaired) electrons. The summed E-state index contributed by atoms with van der Waals surface area (Å²) in [6.45, 7) is 9.01. The predicted molar refractivity (Wildman–Crippen MR) is 90.4 cm³/mol. The summed E-state index contributed by atoms with van der Waals surface area (Å²) in [5.74, 6) is -1.12. The highest BCUT2D eigenvalue weighted by Gasteiger charge is 2.12. The molecule has 2 nitrogen and oxygen atoms in total. The van der Waals surface area contributed by atoms with Crippen LogP contribution in [0.4, 0.5) is 8.78 Å². The van der Waals surface area contributed by atoms with E-state index in [-0.39, 0.29) is 5.56 Å². The number of hydrogen-bond donors (Lipinski definition) is 0. The summed E-state index contributed by atoms with van der Waals surface area (Å²) in [5.41, 5.74) is 2.50. The summed E-state index contributed by atoms with van der Waals surface area (Å²) >= 11 is 0. The Labute approximate surface area is 131 Å². The summed E-state index contributed by atoms with van der Waals surface area (Å²) in [6.07, 6.45) is 5.55. The molecule has 0 aliphatic carbocycles. The molecule has 0 spiro atoms. The van der Waals surface area contributed by atoms with Crippen molar-refractivity contribution in [3.05, 3.63) is 53.4 Å². The largest absolute Gasteiger partial charge is 0.260 e. The molecule has 0 unspecified atom stereocenters. The van der Waals surface area contributed by atoms with Gasteiger partial charge in [0.25, 0.3) is 0 Å². The number of aliphatic imine (C=N–C) groups is 2. The summed E-state index contributed by atoms with van der Waals surface area (Å²) in [5, 5.41) is 0. The molecule has 0 aromatic heterocycles. The van der Waals surface area contributed by atoms with Crippen LogP contribution < -0.4 is 0 Å². The van der Waals surface area contributed by atoms with Crippen LogP contribution in [0.25, 0.3) is 5.57 Å². The number of aryl methyl sites for hydroxylation is 1. The molecule has 4 heteroatoms. The fourth-order valence-corrected chi connectivity index (χ4v) is 1.84. The second-order valence-electron chi connectivity index (χ2n) is 5.01. The van der Waals surface area contributed by atoms with Crippen LogP contribution in [0.5, 0.6) is 0 Å². The Morgan fingerprint density at radius 3 is 2.09 bits per heavy atom. The van der Waals surface area contributed by atoms with Gasteiger partial charge in [-0.15, -0.1) is 0 Å². The zero-order valence-corrected chi connectivity index (χ0v) is 13.7. The second kappa shape index (κ2) is 8.37. The van der Waals surface area contributed by atoms with Gasteiger partial charge in [-0.25, -0.2) is 8.78 Å². The molecular formula is C18H22F2N2. The van der Waals surface area contributed by atoms with Gasteiger partial charge in [-0.3, -0.25) is 9.98 Å². The van der Waals surface area contributed by atoms with E-state index in [2.05, 4.69) is 9.98 Å². The average molecular weight is 304 g/mol. The smallest absolute Gasteiger partial charge is 0.133 e. The minimum absolute atomic E-state index is 0.0307. The van der Waals surface area contributed by atoms with E-state index in [9.17, 15) is 8.78 Å². The predicted octanol–water partition coefficient (Wildman–Crippen LogP) is 5.34. The van der Waals surface area contributed by atoms with Gasteiger partial charge in [0.05, 0.1) is 17.0 Å². The lowest BCUT2D eigenvalue weighted by Crippen LogP contribution is -2.04. The Hall–Kier alpha value is -2.10. The molecule has 1 aromatic rings. The summed E-state index contributed by atoms with van der Waals surface area (Å²) in [4.78, 5) is 8.41. The number of benzene rings is 1. The van der Waals surface area contributed by atoms with E-state index in [0.29, 0.717) is 23.3 Å². The molecule has 0 aliphatic heterocycles. The lowest BCUT2D eigenvalue weighted by Gasteiger charge is -2.07. The van der Waals surface area contributed by atoms with Crippen LogP contribution in [0.2, 0.25) is 0 Å². The Kier molecular flexibility index (Phi) is 6.83. The molecule has 0 amide bonds. The Balaban J connectivity index is 3.13. The van der Waals surface area contributed by atoms with E-state index in [4.69, 9.17) is 0 Å². The fraction of sp³-hybridized carbons (Fsp3) is 0.333. The van der Waals surface area contributed by atoms with Crippen LogP contribution >= 0.6 is 0 Å². The molecule has 0 saturated heterocycles. The maximum absolute atomic E-state index is 14.0. The molecule has 0 N–H and O–H groups in total. The maximum Gasteiger partial charge on any atom is 0.133 e. The van der Waals surface area contributed by atoms with E-state index < -0.39 is 11.6 Å². The first kappa shape index (κ1) is 18.0. The fourth-order valence-electron chi connectivity index (χ4n) is 1.84. The van der Waals surface area contributed by atoms with Gasteiger partial charge in [-0.2, -0.15) is 0 Å². The van der Waals surface area contributed by atoms with Gasteiger partial charge in [0, 0.05) is 12.4 Å². The van der Waals surface area contributed by atoms with Gasteiger partial charge >= 0.3 is 0 Å². The van der Waals surface area contributed by atoms with E-state index in [1.54, 1.807) is 20.0 Å². The van der Waals surface area contributed by atoms with Crippen molar-refractivity contribution in [1.82, 2.24) is 0 Å². The SMILES string of the molecule is C\C=C/N=C(C)\C(C)=N\C=C(/C)c1c(F)cc(CC)cc1F. The maximum atomic E-state index is 14.0. The van der Waals surface area contributed by atoms with E-state index in [1.165, 1.54) is 18.3 Å². The summed E-state index contributed by atoms with van der Waals surface area (Å²) in [7, 11) is 0. The molecule has 0 fully saturated rings. The highest BCUT2D eigenvalue weighted by atomic mass is 19.1. The third kappa shape index (κ3) is 4.72. The standard InChI is InChI=1S/C18H22F2N2/c1-6-8-21-13(4)14(5)22-11-12(3)18-16(19)9-15(7-2)10-17(18)20/h6,8-11H,7H2,1-5H3/b8-6-,12-11+,21-13-,22-14+. The molecular weight excluding hydrogens is 282 g/mol. The molecule has 1 rings (SSSR count). The van der Waals surface area contributed by atoms with Crippen molar-refractivity contribution in [2.75, 3.05) is 0 Å². The zero-order valence-electron chi connectivity index (χ0n) is 13.7. The van der Waals surface area contributed by atoms with Crippen molar-refractivity contribution < 1.29 is 8.78 Å². The van der Waals surface area contributed by atoms with Gasteiger partial charge in [-0.05, 0) is 57.4 Å². The average Bonchev–Trinajstić information content (AvgIpc) is 2.49. The first-order chi connectivity index (χ1) is 10.4. The van der Waals surface area contributed by atoms with Crippen LogP contribution in [-0.2, 0) is 6.42 Å². The molecule has 118 valence electrons. The van der Waals surface area contributed by atoms with E-state index in [0.717, 1.165) is 5.71 Å². The Bertz CT molecular complexity index is 630. The Morgan fingerprint density at radius 2 is 1.59 bits per heavy atom. The van der Waals surface area contributed by atoms with Crippen molar-refractivity contribution in [1.29, 1.82) is 0 Å². The quantitative estimate of drug-likeness (QED) is 0.656. The van der Waals surface area contributed by atoms with Gasteiger partial charge < -0.3 is 0 Å². The van der Waals surface area contributed by atoms with Gasteiger partial charge in [-0.1, -0.05) is 13.0 Å². The van der Waals surface area contributed by atoms with Gasteiger partial charge in [0.1, 0.15) is 11.6 Å². The van der Waals surface area contributed by atoms with Crippen LogP contribution in [0, 0.1) is 11.6 Å². The monoisotopic (exact) mass is 304 g/mol. The first-order valence-electron chi connectivity index (χ1n) is 7.26. The van der Waals surface area contributed by atoms with Crippen LogP contribution in [-0.4, -0.2) is 11.4 Å². The lowest BCUT2D eigenvalue weighted by molar-refractivity contribution is 0.573. The van der Waals surface area contributed by atoms with Crippen molar-refractivity contribution in [2.24, 2.45) is 9.98 Å². The number of hydrogen-bond acceptors (Lipinski definition) is 2. The minimum Gasteiger partial charge on any atom is -0.260 e. The number of nitrogens with zero attached hydrogens (tertiary/aromatic N) is 2. The van der Waals surface area contributed by atoms with Crippen LogP contribution in [0.1, 0.15) is 45.7 Å². The molecule has 0 atom stereocenters. The van der Waals surface area contributed by atoms with E-state index in [1.807, 2.05) is 26.8 Å². The molecule has 0 heterocycles. The minimum atomic E-state index is -0.558. The van der Waals surface area contributed by atoms with Crippen molar-refractivity contribution >= 4 is 17.0 Å². The van der Waals surface area contributed by atoms with Crippen molar-refractivity contribution in [3.63, 3.8) is 0 Å². The van der Waals surface area contributed by atoms with Crippen molar-refractivity contribution in [3.8, 4) is 0 Å². The van der Waals surface area contributed by atoms with E-state index >= 15 is 0 Å².